The molecule has 3 rings (SSSR count). The lowest BCUT2D eigenvalue weighted by Gasteiger charge is -2.32. The number of rotatable bonds is 6. The van der Waals surface area contributed by atoms with E-state index in [1.54, 1.807) is 12.2 Å². The van der Waals surface area contributed by atoms with Crippen LogP contribution in [-0.2, 0) is 22.4 Å². The number of fused-ring (bicyclic) bond motifs is 1. The third-order valence-electron chi connectivity index (χ3n) is 4.98. The summed E-state index contributed by atoms with van der Waals surface area (Å²) < 4.78 is 5.81. The van der Waals surface area contributed by atoms with Gasteiger partial charge in [0.1, 0.15) is 6.10 Å². The summed E-state index contributed by atoms with van der Waals surface area (Å²) in [6, 6.07) is 7.61. The second kappa shape index (κ2) is 9.21. The number of benzene rings is 1. The van der Waals surface area contributed by atoms with Crippen molar-refractivity contribution >= 4 is 11.9 Å². The molecule has 0 fully saturated rings. The zero-order valence-electron chi connectivity index (χ0n) is 16.4. The second-order valence-electron chi connectivity index (χ2n) is 7.72. The van der Waals surface area contributed by atoms with Crippen molar-refractivity contribution in [3.8, 4) is 0 Å². The summed E-state index contributed by atoms with van der Waals surface area (Å²) in [6.45, 7) is 3.49. The SMILES string of the molecule is CC(C)NC(=O)N[C@H]1C=C[C@H](CC(=O)NC2Cc3ccccc3C2)O[C@H]1CO. The van der Waals surface area contributed by atoms with E-state index >= 15 is 0 Å². The molecule has 7 nitrogen and oxygen atoms in total. The molecule has 0 aromatic heterocycles. The zero-order valence-corrected chi connectivity index (χ0v) is 16.4. The maximum atomic E-state index is 12.4. The summed E-state index contributed by atoms with van der Waals surface area (Å²) >= 11 is 0. The lowest BCUT2D eigenvalue weighted by atomic mass is 10.0. The van der Waals surface area contributed by atoms with E-state index in [2.05, 4.69) is 28.1 Å². The van der Waals surface area contributed by atoms with Gasteiger partial charge in [-0.2, -0.15) is 0 Å². The fourth-order valence-electron chi connectivity index (χ4n) is 3.72. The van der Waals surface area contributed by atoms with Crippen LogP contribution in [0.1, 0.15) is 31.4 Å². The number of nitrogens with one attached hydrogen (secondary N) is 3. The van der Waals surface area contributed by atoms with Crippen molar-refractivity contribution < 1.29 is 19.4 Å². The summed E-state index contributed by atoms with van der Waals surface area (Å²) in [7, 11) is 0. The van der Waals surface area contributed by atoms with Gasteiger partial charge in [0.05, 0.1) is 25.2 Å². The zero-order chi connectivity index (χ0) is 20.1. The topological polar surface area (TPSA) is 99.7 Å². The van der Waals surface area contributed by atoms with E-state index in [1.165, 1.54) is 11.1 Å². The van der Waals surface area contributed by atoms with Gasteiger partial charge in [0, 0.05) is 12.1 Å². The molecule has 1 heterocycles. The van der Waals surface area contributed by atoms with Crippen LogP contribution in [0.3, 0.4) is 0 Å². The Hall–Kier alpha value is -2.38. The van der Waals surface area contributed by atoms with E-state index in [0.717, 1.165) is 12.8 Å². The highest BCUT2D eigenvalue weighted by molar-refractivity contribution is 5.77. The van der Waals surface area contributed by atoms with Crippen LogP contribution in [0.4, 0.5) is 4.79 Å². The van der Waals surface area contributed by atoms with Crippen molar-refractivity contribution in [2.75, 3.05) is 6.61 Å². The molecule has 3 atom stereocenters. The minimum Gasteiger partial charge on any atom is -0.394 e. The first-order chi connectivity index (χ1) is 13.4. The van der Waals surface area contributed by atoms with Crippen molar-refractivity contribution in [1.82, 2.24) is 16.0 Å². The van der Waals surface area contributed by atoms with Gasteiger partial charge < -0.3 is 25.8 Å². The molecule has 28 heavy (non-hydrogen) atoms. The first kappa shape index (κ1) is 20.4. The number of carbonyl (C=O) groups is 2. The second-order valence-corrected chi connectivity index (χ2v) is 7.72. The molecule has 0 spiro atoms. The first-order valence-electron chi connectivity index (χ1n) is 9.82. The molecular formula is C21H29N3O4. The summed E-state index contributed by atoms with van der Waals surface area (Å²) in [5, 5.41) is 18.2. The van der Waals surface area contributed by atoms with Crippen LogP contribution in [0, 0.1) is 0 Å². The van der Waals surface area contributed by atoms with Crippen molar-refractivity contribution in [3.63, 3.8) is 0 Å². The monoisotopic (exact) mass is 387 g/mol. The van der Waals surface area contributed by atoms with Crippen molar-refractivity contribution in [2.45, 2.75) is 63.4 Å². The molecule has 1 aromatic rings. The molecule has 0 radical (unpaired) electrons. The average Bonchev–Trinajstić information content (AvgIpc) is 3.04. The molecule has 0 unspecified atom stereocenters. The number of aliphatic hydroxyl groups excluding tert-OH is 1. The Morgan fingerprint density at radius 2 is 1.82 bits per heavy atom. The highest BCUT2D eigenvalue weighted by atomic mass is 16.5. The Kier molecular flexibility index (Phi) is 6.70. The van der Waals surface area contributed by atoms with Gasteiger partial charge in [-0.05, 0) is 37.8 Å². The van der Waals surface area contributed by atoms with E-state index in [9.17, 15) is 14.7 Å². The van der Waals surface area contributed by atoms with Crippen LogP contribution in [0.5, 0.6) is 0 Å². The summed E-state index contributed by atoms with van der Waals surface area (Å²) in [5.74, 6) is -0.0758. The third kappa shape index (κ3) is 5.33. The molecule has 1 aliphatic heterocycles. The maximum Gasteiger partial charge on any atom is 0.315 e. The molecule has 1 aromatic carbocycles. The van der Waals surface area contributed by atoms with Gasteiger partial charge in [0.25, 0.3) is 0 Å². The number of carbonyl (C=O) groups excluding carboxylic acids is 2. The Morgan fingerprint density at radius 1 is 1.14 bits per heavy atom. The van der Waals surface area contributed by atoms with Crippen molar-refractivity contribution in [1.29, 1.82) is 0 Å². The summed E-state index contributed by atoms with van der Waals surface area (Å²) in [6.07, 6.45) is 4.43. The van der Waals surface area contributed by atoms with E-state index in [1.807, 2.05) is 26.0 Å². The minimum atomic E-state index is -0.587. The van der Waals surface area contributed by atoms with Crippen LogP contribution in [0.15, 0.2) is 36.4 Å². The highest BCUT2D eigenvalue weighted by Crippen LogP contribution is 2.22. The third-order valence-corrected chi connectivity index (χ3v) is 4.98. The lowest BCUT2D eigenvalue weighted by molar-refractivity contribution is -0.125. The number of hydrogen-bond acceptors (Lipinski definition) is 4. The largest absolute Gasteiger partial charge is 0.394 e. The van der Waals surface area contributed by atoms with Gasteiger partial charge in [0.15, 0.2) is 0 Å². The quantitative estimate of drug-likeness (QED) is 0.548. The molecule has 3 amide bonds. The number of ether oxygens (including phenoxy) is 1. The fourth-order valence-corrected chi connectivity index (χ4v) is 3.72. The molecule has 0 bridgehead atoms. The van der Waals surface area contributed by atoms with Crippen LogP contribution in [0.25, 0.3) is 0 Å². The van der Waals surface area contributed by atoms with Gasteiger partial charge in [0.2, 0.25) is 5.91 Å². The van der Waals surface area contributed by atoms with Crippen LogP contribution >= 0.6 is 0 Å². The molecular weight excluding hydrogens is 358 g/mol. The Morgan fingerprint density at radius 3 is 2.43 bits per heavy atom. The number of hydrogen-bond donors (Lipinski definition) is 4. The molecule has 152 valence electrons. The molecule has 2 aliphatic rings. The average molecular weight is 387 g/mol. The molecule has 7 heteroatoms. The standard InChI is InChI=1S/C21H29N3O4/c1-13(2)22-21(27)24-18-8-7-17(28-19(18)12-25)11-20(26)23-16-9-14-5-3-4-6-15(14)10-16/h3-8,13,16-19,25H,9-12H2,1-2H3,(H,23,26)(H2,22,24,27)/t17-,18+,19+/m1/s1. The predicted molar refractivity (Wildman–Crippen MR) is 106 cm³/mol. The normalized spacial score (nSPS) is 24.1. The molecule has 1 aliphatic carbocycles. The van der Waals surface area contributed by atoms with E-state index in [4.69, 9.17) is 4.74 Å². The van der Waals surface area contributed by atoms with Gasteiger partial charge in [-0.3, -0.25) is 4.79 Å². The Labute approximate surface area is 165 Å². The Bertz CT molecular complexity index is 709. The van der Waals surface area contributed by atoms with E-state index in [0.29, 0.717) is 0 Å². The van der Waals surface area contributed by atoms with Crippen molar-refractivity contribution in [3.05, 3.63) is 47.5 Å². The molecule has 0 saturated carbocycles. The van der Waals surface area contributed by atoms with Gasteiger partial charge in [-0.1, -0.05) is 36.4 Å². The van der Waals surface area contributed by atoms with Gasteiger partial charge >= 0.3 is 6.03 Å². The molecule has 0 saturated heterocycles. The number of amides is 3. The van der Waals surface area contributed by atoms with Gasteiger partial charge in [-0.15, -0.1) is 0 Å². The number of aliphatic hydroxyl groups is 1. The first-order valence-corrected chi connectivity index (χ1v) is 9.82. The van der Waals surface area contributed by atoms with Crippen LogP contribution in [0.2, 0.25) is 0 Å². The number of urea groups is 1. The lowest BCUT2D eigenvalue weighted by Crippen LogP contribution is -2.52. The summed E-state index contributed by atoms with van der Waals surface area (Å²) in [5.41, 5.74) is 2.58. The minimum absolute atomic E-state index is 0.0132. The highest BCUT2D eigenvalue weighted by Gasteiger charge is 2.30. The Balaban J connectivity index is 1.49. The predicted octanol–water partition coefficient (Wildman–Crippen LogP) is 1.05. The maximum absolute atomic E-state index is 12.4. The van der Waals surface area contributed by atoms with Crippen LogP contribution < -0.4 is 16.0 Å². The van der Waals surface area contributed by atoms with E-state index in [-0.39, 0.29) is 37.0 Å². The smallest absolute Gasteiger partial charge is 0.315 e. The van der Waals surface area contributed by atoms with Crippen LogP contribution in [-0.4, -0.2) is 54.0 Å². The molecule has 4 N–H and O–H groups in total. The fraction of sp³-hybridized carbons (Fsp3) is 0.524. The van der Waals surface area contributed by atoms with Crippen molar-refractivity contribution in [2.24, 2.45) is 0 Å². The van der Waals surface area contributed by atoms with E-state index < -0.39 is 18.2 Å². The summed E-state index contributed by atoms with van der Waals surface area (Å²) in [4.78, 5) is 24.3. The van der Waals surface area contributed by atoms with Gasteiger partial charge in [-0.25, -0.2) is 4.79 Å².